The van der Waals surface area contributed by atoms with Gasteiger partial charge in [-0.3, -0.25) is 0 Å². The third kappa shape index (κ3) is 2.66. The van der Waals surface area contributed by atoms with Crippen LogP contribution in [0.3, 0.4) is 0 Å². The van der Waals surface area contributed by atoms with Gasteiger partial charge in [-0.15, -0.1) is 0 Å². The predicted octanol–water partition coefficient (Wildman–Crippen LogP) is -0.263. The fourth-order valence-corrected chi connectivity index (χ4v) is 2.86. The number of carboxylic acids is 1. The van der Waals surface area contributed by atoms with E-state index in [1.165, 1.54) is 12.0 Å². The van der Waals surface area contributed by atoms with E-state index in [2.05, 4.69) is 0 Å². The van der Waals surface area contributed by atoms with Crippen molar-refractivity contribution >= 4 is 12.0 Å². The molecule has 0 aliphatic carbocycles. The lowest BCUT2D eigenvalue weighted by Crippen LogP contribution is -2.50. The maximum absolute atomic E-state index is 12.4. The molecule has 2 N–H and O–H groups in total. The number of methoxy groups -OCH3 is 1. The molecule has 3 atom stereocenters. The van der Waals surface area contributed by atoms with Crippen LogP contribution in [-0.4, -0.2) is 77.0 Å². The van der Waals surface area contributed by atoms with Gasteiger partial charge in [0.25, 0.3) is 0 Å². The molecule has 7 heteroatoms. The summed E-state index contributed by atoms with van der Waals surface area (Å²) in [4.78, 5) is 26.6. The topological polar surface area (TPSA) is 90.3 Å². The average molecular weight is 272 g/mol. The van der Waals surface area contributed by atoms with E-state index in [-0.39, 0.29) is 24.8 Å². The number of amides is 2. The molecule has 2 fully saturated rings. The van der Waals surface area contributed by atoms with E-state index < -0.39 is 12.0 Å². The number of ether oxygens (including phenoxy) is 1. The summed E-state index contributed by atoms with van der Waals surface area (Å²) < 4.78 is 5.16. The first-order valence-electron chi connectivity index (χ1n) is 6.52. The first-order chi connectivity index (χ1) is 9.08. The minimum absolute atomic E-state index is 0.0783. The van der Waals surface area contributed by atoms with E-state index in [0.29, 0.717) is 19.5 Å². The Hall–Kier alpha value is -1.34. The number of aliphatic hydroxyl groups excluding tert-OH is 1. The van der Waals surface area contributed by atoms with Crippen LogP contribution < -0.4 is 0 Å². The molecule has 2 aliphatic heterocycles. The first-order valence-corrected chi connectivity index (χ1v) is 6.52. The molecule has 2 saturated heterocycles. The van der Waals surface area contributed by atoms with E-state index in [1.807, 2.05) is 0 Å². The molecule has 7 nitrogen and oxygen atoms in total. The minimum Gasteiger partial charge on any atom is -0.480 e. The quantitative estimate of drug-likeness (QED) is 0.738. The Morgan fingerprint density at radius 2 is 2.11 bits per heavy atom. The maximum Gasteiger partial charge on any atom is 0.326 e. The number of aliphatic carboxylic acids is 1. The molecule has 0 radical (unpaired) electrons. The Kier molecular flexibility index (Phi) is 4.26. The second-order valence-corrected chi connectivity index (χ2v) is 5.05. The molecule has 0 spiro atoms. The highest BCUT2D eigenvalue weighted by molar-refractivity contribution is 5.83. The zero-order chi connectivity index (χ0) is 14.0. The van der Waals surface area contributed by atoms with E-state index in [9.17, 15) is 19.8 Å². The van der Waals surface area contributed by atoms with Crippen LogP contribution in [0, 0.1) is 0 Å². The van der Waals surface area contributed by atoms with Crippen molar-refractivity contribution in [2.75, 3.05) is 26.8 Å². The van der Waals surface area contributed by atoms with E-state index in [4.69, 9.17) is 4.74 Å². The minimum atomic E-state index is -1.01. The Morgan fingerprint density at radius 3 is 2.68 bits per heavy atom. The van der Waals surface area contributed by atoms with Gasteiger partial charge < -0.3 is 24.7 Å². The summed E-state index contributed by atoms with van der Waals surface area (Å²) in [7, 11) is 1.52. The highest BCUT2D eigenvalue weighted by atomic mass is 16.5. The number of hydrogen-bond donors (Lipinski definition) is 2. The number of nitrogens with zero attached hydrogens (tertiary/aromatic N) is 2. The first kappa shape index (κ1) is 14.1. The van der Waals surface area contributed by atoms with Gasteiger partial charge in [0.05, 0.1) is 18.8 Å². The van der Waals surface area contributed by atoms with Crippen LogP contribution in [0.4, 0.5) is 4.79 Å². The van der Waals surface area contributed by atoms with Crippen LogP contribution in [0.1, 0.15) is 19.3 Å². The SMILES string of the molecule is COC1CC(C(=O)O)N(C(=O)N2CCCC2CO)C1. The van der Waals surface area contributed by atoms with Crippen LogP contribution in [-0.2, 0) is 9.53 Å². The lowest BCUT2D eigenvalue weighted by molar-refractivity contribution is -0.141. The molecule has 2 amide bonds. The summed E-state index contributed by atoms with van der Waals surface area (Å²) in [6, 6.07) is -1.33. The van der Waals surface area contributed by atoms with Crippen molar-refractivity contribution in [2.24, 2.45) is 0 Å². The molecule has 108 valence electrons. The highest BCUT2D eigenvalue weighted by Crippen LogP contribution is 2.25. The van der Waals surface area contributed by atoms with Gasteiger partial charge in [-0.1, -0.05) is 0 Å². The average Bonchev–Trinajstić information content (AvgIpc) is 3.03. The van der Waals surface area contributed by atoms with Crippen molar-refractivity contribution in [2.45, 2.75) is 37.5 Å². The smallest absolute Gasteiger partial charge is 0.326 e. The largest absolute Gasteiger partial charge is 0.480 e. The summed E-state index contributed by atoms with van der Waals surface area (Å²) in [6.45, 7) is 0.788. The summed E-state index contributed by atoms with van der Waals surface area (Å²) >= 11 is 0. The van der Waals surface area contributed by atoms with Crippen molar-refractivity contribution in [3.63, 3.8) is 0 Å². The number of carbonyl (C=O) groups excluding carboxylic acids is 1. The van der Waals surface area contributed by atoms with Crippen LogP contribution in [0.25, 0.3) is 0 Å². The standard InChI is InChI=1S/C12H20N2O5/c1-19-9-5-10(11(16)17)14(6-9)12(18)13-4-2-3-8(13)7-15/h8-10,15H,2-7H2,1H3,(H,16,17). The number of hydrogen-bond acceptors (Lipinski definition) is 4. The van der Waals surface area contributed by atoms with Crippen molar-refractivity contribution in [1.29, 1.82) is 0 Å². The van der Waals surface area contributed by atoms with Crippen LogP contribution >= 0.6 is 0 Å². The van der Waals surface area contributed by atoms with E-state index in [0.717, 1.165) is 12.8 Å². The van der Waals surface area contributed by atoms with E-state index in [1.54, 1.807) is 4.90 Å². The Bertz CT molecular complexity index is 362. The Balaban J connectivity index is 2.10. The molecule has 3 unspecified atom stereocenters. The van der Waals surface area contributed by atoms with Gasteiger partial charge in [-0.2, -0.15) is 0 Å². The lowest BCUT2D eigenvalue weighted by atomic mass is 10.2. The second kappa shape index (κ2) is 5.75. The van der Waals surface area contributed by atoms with Gasteiger partial charge in [0.1, 0.15) is 6.04 Å². The van der Waals surface area contributed by atoms with Gasteiger partial charge in [0.2, 0.25) is 0 Å². The monoisotopic (exact) mass is 272 g/mol. The Labute approximate surface area is 111 Å². The number of urea groups is 1. The molecule has 2 aliphatic rings. The summed E-state index contributed by atoms with van der Waals surface area (Å²) in [5, 5.41) is 18.4. The van der Waals surface area contributed by atoms with Crippen molar-refractivity contribution in [1.82, 2.24) is 9.80 Å². The van der Waals surface area contributed by atoms with Crippen molar-refractivity contribution in [3.05, 3.63) is 0 Å². The number of rotatable bonds is 3. The second-order valence-electron chi connectivity index (χ2n) is 5.05. The molecule has 2 heterocycles. The fraction of sp³-hybridized carbons (Fsp3) is 0.833. The normalized spacial score (nSPS) is 30.9. The van der Waals surface area contributed by atoms with Crippen LogP contribution in [0.5, 0.6) is 0 Å². The lowest BCUT2D eigenvalue weighted by Gasteiger charge is -2.30. The van der Waals surface area contributed by atoms with E-state index >= 15 is 0 Å². The zero-order valence-electron chi connectivity index (χ0n) is 11.0. The fourth-order valence-electron chi connectivity index (χ4n) is 2.86. The molecule has 19 heavy (non-hydrogen) atoms. The summed E-state index contributed by atoms with van der Waals surface area (Å²) in [5.41, 5.74) is 0. The van der Waals surface area contributed by atoms with Crippen molar-refractivity contribution < 1.29 is 24.5 Å². The summed E-state index contributed by atoms with van der Waals surface area (Å²) in [5.74, 6) is -1.01. The molecule has 0 aromatic carbocycles. The molecular weight excluding hydrogens is 252 g/mol. The third-order valence-corrected chi connectivity index (χ3v) is 3.96. The number of aliphatic hydroxyl groups is 1. The van der Waals surface area contributed by atoms with Crippen LogP contribution in [0.15, 0.2) is 0 Å². The molecule has 0 aromatic rings. The van der Waals surface area contributed by atoms with Gasteiger partial charge in [0, 0.05) is 26.6 Å². The molecule has 0 aromatic heterocycles. The maximum atomic E-state index is 12.4. The number of carboxylic acid groups (broad SMARTS) is 1. The highest BCUT2D eigenvalue weighted by Gasteiger charge is 2.43. The predicted molar refractivity (Wildman–Crippen MR) is 65.8 cm³/mol. The molecular formula is C12H20N2O5. The van der Waals surface area contributed by atoms with Gasteiger partial charge in [-0.25, -0.2) is 9.59 Å². The molecule has 0 saturated carbocycles. The zero-order valence-corrected chi connectivity index (χ0v) is 11.0. The van der Waals surface area contributed by atoms with Crippen molar-refractivity contribution in [3.8, 4) is 0 Å². The van der Waals surface area contributed by atoms with Gasteiger partial charge in [0.15, 0.2) is 0 Å². The Morgan fingerprint density at radius 1 is 1.37 bits per heavy atom. The summed E-state index contributed by atoms with van der Waals surface area (Å²) in [6.07, 6.45) is 1.69. The number of carbonyl (C=O) groups is 2. The third-order valence-electron chi connectivity index (χ3n) is 3.96. The molecule has 2 rings (SSSR count). The number of likely N-dealkylation sites (tertiary alicyclic amines) is 2. The van der Waals surface area contributed by atoms with Crippen LogP contribution in [0.2, 0.25) is 0 Å². The van der Waals surface area contributed by atoms with Gasteiger partial charge >= 0.3 is 12.0 Å². The molecule has 0 bridgehead atoms. The van der Waals surface area contributed by atoms with Gasteiger partial charge in [-0.05, 0) is 12.8 Å².